The summed E-state index contributed by atoms with van der Waals surface area (Å²) in [5.74, 6) is -0.724. The molecule has 0 aliphatic rings. The summed E-state index contributed by atoms with van der Waals surface area (Å²) in [6, 6.07) is 8.24. The predicted molar refractivity (Wildman–Crippen MR) is 91.4 cm³/mol. The van der Waals surface area contributed by atoms with E-state index in [1.165, 1.54) is 13.4 Å². The van der Waals surface area contributed by atoms with E-state index in [0.717, 1.165) is 0 Å². The molecule has 0 radical (unpaired) electrons. The first-order valence-electron chi connectivity index (χ1n) is 7.82. The zero-order chi connectivity index (χ0) is 18.2. The van der Waals surface area contributed by atoms with Crippen LogP contribution >= 0.6 is 0 Å². The molecule has 0 bridgehead atoms. The summed E-state index contributed by atoms with van der Waals surface area (Å²) in [5, 5.41) is 5.44. The number of anilines is 1. The van der Waals surface area contributed by atoms with Crippen molar-refractivity contribution in [2.75, 3.05) is 19.0 Å². The fourth-order valence-electron chi connectivity index (χ4n) is 2.26. The molecule has 0 unspecified atom stereocenters. The molecule has 2 aromatic rings. The summed E-state index contributed by atoms with van der Waals surface area (Å²) in [7, 11) is 1.31. The lowest BCUT2D eigenvalue weighted by Gasteiger charge is -2.11. The first kappa shape index (κ1) is 18.3. The Morgan fingerprint density at radius 1 is 1.16 bits per heavy atom. The molecule has 0 atom stereocenters. The highest BCUT2D eigenvalue weighted by molar-refractivity contribution is 5.96. The molecule has 0 aliphatic heterocycles. The summed E-state index contributed by atoms with van der Waals surface area (Å²) >= 11 is 0. The van der Waals surface area contributed by atoms with Crippen LogP contribution in [0.25, 0.3) is 0 Å². The van der Waals surface area contributed by atoms with Crippen LogP contribution in [0.15, 0.2) is 41.0 Å². The first-order chi connectivity index (χ1) is 12.0. The number of nitrogens with one attached hydrogen (secondary N) is 2. The fourth-order valence-corrected chi connectivity index (χ4v) is 2.26. The third-order valence-corrected chi connectivity index (χ3v) is 3.62. The lowest BCUT2D eigenvalue weighted by Crippen LogP contribution is -2.25. The van der Waals surface area contributed by atoms with Gasteiger partial charge in [-0.3, -0.25) is 9.59 Å². The molecule has 2 rings (SSSR count). The molecular formula is C18H20N2O5. The van der Waals surface area contributed by atoms with Crippen molar-refractivity contribution >= 4 is 23.5 Å². The molecule has 1 aromatic carbocycles. The molecule has 0 spiro atoms. The molecule has 7 nitrogen and oxygen atoms in total. The summed E-state index contributed by atoms with van der Waals surface area (Å²) in [6.07, 6.45) is 2.14. The summed E-state index contributed by atoms with van der Waals surface area (Å²) < 4.78 is 9.69. The van der Waals surface area contributed by atoms with Crippen molar-refractivity contribution in [3.63, 3.8) is 0 Å². The zero-order valence-electron chi connectivity index (χ0n) is 14.1. The van der Waals surface area contributed by atoms with Crippen LogP contribution in [0.4, 0.5) is 5.69 Å². The van der Waals surface area contributed by atoms with E-state index in [4.69, 9.17) is 9.15 Å². The Morgan fingerprint density at radius 2 is 1.96 bits per heavy atom. The minimum absolute atomic E-state index is 0.197. The van der Waals surface area contributed by atoms with E-state index < -0.39 is 5.97 Å². The lowest BCUT2D eigenvalue weighted by atomic mass is 10.1. The zero-order valence-corrected chi connectivity index (χ0v) is 14.1. The van der Waals surface area contributed by atoms with Crippen LogP contribution in [-0.4, -0.2) is 31.4 Å². The number of carbonyl (C=O) groups excluding carboxylic acids is 3. The van der Waals surface area contributed by atoms with Gasteiger partial charge < -0.3 is 19.8 Å². The number of carbonyl (C=O) groups is 3. The summed E-state index contributed by atoms with van der Waals surface area (Å²) in [6.45, 7) is 2.10. The molecule has 2 amide bonds. The Hall–Kier alpha value is -3.09. The van der Waals surface area contributed by atoms with Gasteiger partial charge in [0.1, 0.15) is 0 Å². The first-order valence-corrected chi connectivity index (χ1v) is 7.82. The lowest BCUT2D eigenvalue weighted by molar-refractivity contribution is -0.116. The maximum Gasteiger partial charge on any atom is 0.338 e. The minimum atomic E-state index is -0.450. The quantitative estimate of drug-likeness (QED) is 0.594. The standard InChI is InChI=1S/C18H20N2O5/c1-12-13(18(23)24-2)6-3-7-14(12)20-16(21)9-4-10-19-17(22)15-8-5-11-25-15/h3,5-8,11H,4,9-10H2,1-2H3,(H,19,22)(H,20,21). The van der Waals surface area contributed by atoms with Gasteiger partial charge in [0, 0.05) is 18.7 Å². The molecule has 7 heteroatoms. The second kappa shape index (κ2) is 8.68. The van der Waals surface area contributed by atoms with Crippen LogP contribution in [0.5, 0.6) is 0 Å². The average molecular weight is 344 g/mol. The van der Waals surface area contributed by atoms with Crippen molar-refractivity contribution < 1.29 is 23.5 Å². The number of hydrogen-bond donors (Lipinski definition) is 2. The van der Waals surface area contributed by atoms with Crippen molar-refractivity contribution in [2.24, 2.45) is 0 Å². The van der Waals surface area contributed by atoms with Gasteiger partial charge in [-0.15, -0.1) is 0 Å². The third-order valence-electron chi connectivity index (χ3n) is 3.62. The van der Waals surface area contributed by atoms with Gasteiger partial charge in [-0.1, -0.05) is 6.07 Å². The van der Waals surface area contributed by atoms with Gasteiger partial charge in [-0.25, -0.2) is 4.79 Å². The van der Waals surface area contributed by atoms with Gasteiger partial charge in [0.15, 0.2) is 5.76 Å². The minimum Gasteiger partial charge on any atom is -0.465 e. The Labute approximate surface area is 145 Å². The van der Waals surface area contributed by atoms with E-state index >= 15 is 0 Å². The van der Waals surface area contributed by atoms with Crippen molar-refractivity contribution in [1.82, 2.24) is 5.32 Å². The van der Waals surface area contributed by atoms with Gasteiger partial charge in [0.2, 0.25) is 5.91 Å². The van der Waals surface area contributed by atoms with Crippen LogP contribution in [0.1, 0.15) is 39.3 Å². The monoisotopic (exact) mass is 344 g/mol. The van der Waals surface area contributed by atoms with Gasteiger partial charge >= 0.3 is 5.97 Å². The number of hydrogen-bond acceptors (Lipinski definition) is 5. The van der Waals surface area contributed by atoms with E-state index in [2.05, 4.69) is 10.6 Å². The van der Waals surface area contributed by atoms with Crippen molar-refractivity contribution in [2.45, 2.75) is 19.8 Å². The SMILES string of the molecule is COC(=O)c1cccc(NC(=O)CCCNC(=O)c2ccco2)c1C. The Bertz CT molecular complexity index is 753. The van der Waals surface area contributed by atoms with Crippen LogP contribution in [-0.2, 0) is 9.53 Å². The van der Waals surface area contributed by atoms with Crippen molar-refractivity contribution in [3.8, 4) is 0 Å². The molecule has 25 heavy (non-hydrogen) atoms. The third kappa shape index (κ3) is 4.94. The van der Waals surface area contributed by atoms with Crippen LogP contribution in [0, 0.1) is 6.92 Å². The van der Waals surface area contributed by atoms with Crippen molar-refractivity contribution in [3.05, 3.63) is 53.5 Å². The van der Waals surface area contributed by atoms with Crippen LogP contribution < -0.4 is 10.6 Å². The highest BCUT2D eigenvalue weighted by Crippen LogP contribution is 2.20. The molecule has 0 saturated carbocycles. The number of methoxy groups -OCH3 is 1. The number of furan rings is 1. The molecule has 0 fully saturated rings. The molecule has 1 aromatic heterocycles. The average Bonchev–Trinajstić information content (AvgIpc) is 3.14. The number of amides is 2. The smallest absolute Gasteiger partial charge is 0.338 e. The second-order valence-electron chi connectivity index (χ2n) is 5.35. The van der Waals surface area contributed by atoms with Crippen LogP contribution in [0.2, 0.25) is 0 Å². The van der Waals surface area contributed by atoms with E-state index in [-0.39, 0.29) is 24.0 Å². The highest BCUT2D eigenvalue weighted by Gasteiger charge is 2.13. The Balaban J connectivity index is 1.81. The van der Waals surface area contributed by atoms with E-state index in [9.17, 15) is 14.4 Å². The highest BCUT2D eigenvalue weighted by atomic mass is 16.5. The van der Waals surface area contributed by atoms with Crippen LogP contribution in [0.3, 0.4) is 0 Å². The Kier molecular flexibility index (Phi) is 6.33. The molecule has 0 saturated heterocycles. The Morgan fingerprint density at radius 3 is 2.64 bits per heavy atom. The van der Waals surface area contributed by atoms with Crippen molar-refractivity contribution in [1.29, 1.82) is 0 Å². The van der Waals surface area contributed by atoms with Gasteiger partial charge in [-0.2, -0.15) is 0 Å². The fraction of sp³-hybridized carbons (Fsp3) is 0.278. The topological polar surface area (TPSA) is 97.6 Å². The number of ether oxygens (including phenoxy) is 1. The normalized spacial score (nSPS) is 10.2. The van der Waals surface area contributed by atoms with E-state index in [1.54, 1.807) is 37.3 Å². The molecule has 1 heterocycles. The largest absolute Gasteiger partial charge is 0.465 e. The number of benzene rings is 1. The predicted octanol–water partition coefficient (Wildman–Crippen LogP) is 2.52. The van der Waals surface area contributed by atoms with Gasteiger partial charge in [0.05, 0.1) is 18.9 Å². The molecule has 2 N–H and O–H groups in total. The summed E-state index contributed by atoms with van der Waals surface area (Å²) in [4.78, 5) is 35.4. The van der Waals surface area contributed by atoms with Gasteiger partial charge in [0.25, 0.3) is 5.91 Å². The summed E-state index contributed by atoms with van der Waals surface area (Å²) in [5.41, 5.74) is 1.62. The van der Waals surface area contributed by atoms with E-state index in [0.29, 0.717) is 29.8 Å². The van der Waals surface area contributed by atoms with E-state index in [1.807, 2.05) is 0 Å². The molecular weight excluding hydrogens is 324 g/mol. The molecule has 132 valence electrons. The molecule has 0 aliphatic carbocycles. The van der Waals surface area contributed by atoms with Gasteiger partial charge in [-0.05, 0) is 43.2 Å². The number of rotatable bonds is 7. The second-order valence-corrected chi connectivity index (χ2v) is 5.35. The number of esters is 1. The maximum absolute atomic E-state index is 12.0. The maximum atomic E-state index is 12.0.